The first-order chi connectivity index (χ1) is 14.3. The van der Waals surface area contributed by atoms with Crippen LogP contribution < -0.4 is 4.74 Å². The van der Waals surface area contributed by atoms with Crippen molar-refractivity contribution >= 4 is 16.8 Å². The van der Waals surface area contributed by atoms with E-state index >= 15 is 0 Å². The van der Waals surface area contributed by atoms with Gasteiger partial charge in [-0.05, 0) is 18.2 Å². The number of benzene rings is 2. The average Bonchev–Trinajstić information content (AvgIpc) is 3.44. The van der Waals surface area contributed by atoms with Gasteiger partial charge in [-0.15, -0.1) is 0 Å². The maximum absolute atomic E-state index is 12.8. The fraction of sp³-hybridized carbons (Fsp3) is 0.174. The molecule has 4 aromatic rings. The summed E-state index contributed by atoms with van der Waals surface area (Å²) in [7, 11) is 0. The van der Waals surface area contributed by atoms with E-state index in [1.54, 1.807) is 11.0 Å². The van der Waals surface area contributed by atoms with Gasteiger partial charge in [-0.2, -0.15) is 5.10 Å². The normalized spacial score (nSPS) is 16.3. The minimum atomic E-state index is -0.0656. The lowest BCUT2D eigenvalue weighted by Crippen LogP contribution is -2.31. The van der Waals surface area contributed by atoms with Gasteiger partial charge in [0.25, 0.3) is 5.91 Å². The summed E-state index contributed by atoms with van der Waals surface area (Å²) in [6.45, 7) is 1.18. The van der Waals surface area contributed by atoms with Crippen LogP contribution in [-0.2, 0) is 0 Å². The van der Waals surface area contributed by atoms with Crippen molar-refractivity contribution in [1.82, 2.24) is 20.1 Å². The number of hydrogen-bond acceptors (Lipinski definition) is 4. The Hall–Kier alpha value is -3.67. The minimum Gasteiger partial charge on any atom is -0.472 e. The van der Waals surface area contributed by atoms with Crippen LogP contribution in [0.15, 0.2) is 72.8 Å². The Morgan fingerprint density at radius 3 is 2.76 bits per heavy atom. The van der Waals surface area contributed by atoms with Crippen LogP contribution in [0.1, 0.15) is 16.9 Å². The van der Waals surface area contributed by atoms with Crippen molar-refractivity contribution < 1.29 is 9.53 Å². The van der Waals surface area contributed by atoms with E-state index in [2.05, 4.69) is 15.2 Å². The molecule has 29 heavy (non-hydrogen) atoms. The third-order valence-electron chi connectivity index (χ3n) is 5.17. The molecule has 5 rings (SSSR count). The summed E-state index contributed by atoms with van der Waals surface area (Å²) < 4.78 is 6.04. The van der Waals surface area contributed by atoms with E-state index in [9.17, 15) is 4.79 Å². The molecule has 1 atom stereocenters. The predicted molar refractivity (Wildman–Crippen MR) is 111 cm³/mol. The number of pyridine rings is 1. The van der Waals surface area contributed by atoms with Crippen LogP contribution in [-0.4, -0.2) is 45.2 Å². The molecule has 0 spiro atoms. The Morgan fingerprint density at radius 2 is 1.86 bits per heavy atom. The topological polar surface area (TPSA) is 71.1 Å². The molecule has 6 nitrogen and oxygen atoms in total. The van der Waals surface area contributed by atoms with Gasteiger partial charge in [0, 0.05) is 30.0 Å². The second-order valence-electron chi connectivity index (χ2n) is 7.15. The summed E-state index contributed by atoms with van der Waals surface area (Å²) in [5.41, 5.74) is 3.14. The van der Waals surface area contributed by atoms with Gasteiger partial charge in [-0.1, -0.05) is 48.5 Å². The van der Waals surface area contributed by atoms with E-state index in [1.807, 2.05) is 66.7 Å². The molecule has 1 fully saturated rings. The van der Waals surface area contributed by atoms with E-state index in [0.717, 1.165) is 28.6 Å². The predicted octanol–water partition coefficient (Wildman–Crippen LogP) is 3.92. The molecule has 0 aliphatic carbocycles. The summed E-state index contributed by atoms with van der Waals surface area (Å²) in [6, 6.07) is 23.4. The van der Waals surface area contributed by atoms with Crippen LogP contribution >= 0.6 is 0 Å². The van der Waals surface area contributed by atoms with Crippen LogP contribution in [0.4, 0.5) is 0 Å². The van der Waals surface area contributed by atoms with Crippen molar-refractivity contribution in [3.05, 3.63) is 78.5 Å². The molecule has 2 aromatic carbocycles. The molecular formula is C23H20N4O2. The van der Waals surface area contributed by atoms with Crippen LogP contribution in [0.2, 0.25) is 0 Å². The fourth-order valence-corrected chi connectivity index (χ4v) is 3.65. The first kappa shape index (κ1) is 17.4. The summed E-state index contributed by atoms with van der Waals surface area (Å²) in [5.74, 6) is 0.535. The van der Waals surface area contributed by atoms with E-state index in [-0.39, 0.29) is 12.0 Å². The summed E-state index contributed by atoms with van der Waals surface area (Å²) in [5, 5.41) is 8.23. The third kappa shape index (κ3) is 3.57. The Labute approximate surface area is 168 Å². The number of hydrogen-bond donors (Lipinski definition) is 1. The lowest BCUT2D eigenvalue weighted by Gasteiger charge is -2.16. The number of nitrogens with zero attached hydrogens (tertiary/aromatic N) is 3. The summed E-state index contributed by atoms with van der Waals surface area (Å²) in [6.07, 6.45) is 0.712. The molecule has 1 aliphatic heterocycles. The molecule has 1 saturated heterocycles. The van der Waals surface area contributed by atoms with Crippen molar-refractivity contribution in [3.63, 3.8) is 0 Å². The Balaban J connectivity index is 1.25. The highest BCUT2D eigenvalue weighted by atomic mass is 16.5. The zero-order chi connectivity index (χ0) is 19.6. The van der Waals surface area contributed by atoms with Gasteiger partial charge in [-0.25, -0.2) is 4.98 Å². The minimum absolute atomic E-state index is 0.0581. The number of para-hydroxylation sites is 1. The highest BCUT2D eigenvalue weighted by molar-refractivity contribution is 5.93. The van der Waals surface area contributed by atoms with E-state index < -0.39 is 0 Å². The number of ether oxygens (including phenoxy) is 1. The summed E-state index contributed by atoms with van der Waals surface area (Å²) in [4.78, 5) is 19.2. The number of H-pyrrole nitrogens is 1. The smallest absolute Gasteiger partial charge is 0.272 e. The standard InChI is InChI=1S/C23H20N4O2/c28-23(21-14-20(25-26-21)16-6-2-1-3-7-16)27-13-12-18(15-27)29-22-11-10-17-8-4-5-9-19(17)24-22/h1-11,14,18H,12-13,15H2,(H,25,26). The van der Waals surface area contributed by atoms with Crippen molar-refractivity contribution in [2.24, 2.45) is 0 Å². The molecule has 1 unspecified atom stereocenters. The molecule has 0 bridgehead atoms. The van der Waals surface area contributed by atoms with Crippen molar-refractivity contribution in [3.8, 4) is 17.1 Å². The van der Waals surface area contributed by atoms with Crippen molar-refractivity contribution in [1.29, 1.82) is 0 Å². The number of aromatic amines is 1. The Kier molecular flexibility index (Phi) is 4.44. The number of rotatable bonds is 4. The van der Waals surface area contributed by atoms with Gasteiger partial charge in [0.2, 0.25) is 5.88 Å². The number of nitrogens with one attached hydrogen (secondary N) is 1. The molecule has 6 heteroatoms. The highest BCUT2D eigenvalue weighted by Crippen LogP contribution is 2.22. The van der Waals surface area contributed by atoms with Crippen molar-refractivity contribution in [2.45, 2.75) is 12.5 Å². The lowest BCUT2D eigenvalue weighted by atomic mass is 10.1. The van der Waals surface area contributed by atoms with Gasteiger partial charge < -0.3 is 9.64 Å². The average molecular weight is 384 g/mol. The second kappa shape index (κ2) is 7.39. The van der Waals surface area contributed by atoms with E-state index in [4.69, 9.17) is 4.74 Å². The second-order valence-corrected chi connectivity index (χ2v) is 7.15. The number of fused-ring (bicyclic) bond motifs is 1. The van der Waals surface area contributed by atoms with Crippen molar-refractivity contribution in [2.75, 3.05) is 13.1 Å². The zero-order valence-electron chi connectivity index (χ0n) is 15.8. The van der Waals surface area contributed by atoms with E-state index in [1.165, 1.54) is 0 Å². The van der Waals surface area contributed by atoms with Gasteiger partial charge >= 0.3 is 0 Å². The number of aromatic nitrogens is 3. The number of amides is 1. The van der Waals surface area contributed by atoms with E-state index in [0.29, 0.717) is 24.7 Å². The van der Waals surface area contributed by atoms with Gasteiger partial charge in [-0.3, -0.25) is 9.89 Å². The quantitative estimate of drug-likeness (QED) is 0.579. The SMILES string of the molecule is O=C(c1cc(-c2ccccc2)n[nH]1)N1CCC(Oc2ccc3ccccc3n2)C1. The number of carbonyl (C=O) groups excluding carboxylic acids is 1. The Morgan fingerprint density at radius 1 is 1.03 bits per heavy atom. The number of likely N-dealkylation sites (tertiary alicyclic amines) is 1. The van der Waals surface area contributed by atoms with Crippen LogP contribution in [0.3, 0.4) is 0 Å². The van der Waals surface area contributed by atoms with Crippen LogP contribution in [0.25, 0.3) is 22.2 Å². The summed E-state index contributed by atoms with van der Waals surface area (Å²) >= 11 is 0. The van der Waals surface area contributed by atoms with Gasteiger partial charge in [0.15, 0.2) is 0 Å². The molecule has 3 heterocycles. The molecule has 1 N–H and O–H groups in total. The molecular weight excluding hydrogens is 364 g/mol. The fourth-order valence-electron chi connectivity index (χ4n) is 3.65. The molecule has 0 saturated carbocycles. The largest absolute Gasteiger partial charge is 0.472 e. The van der Waals surface area contributed by atoms with Crippen LogP contribution in [0.5, 0.6) is 5.88 Å². The zero-order valence-corrected chi connectivity index (χ0v) is 15.8. The lowest BCUT2D eigenvalue weighted by molar-refractivity contribution is 0.0765. The third-order valence-corrected chi connectivity index (χ3v) is 5.17. The first-order valence-electron chi connectivity index (χ1n) is 9.69. The molecule has 144 valence electrons. The monoisotopic (exact) mass is 384 g/mol. The number of carbonyl (C=O) groups is 1. The Bertz CT molecular complexity index is 1160. The van der Waals surface area contributed by atoms with Gasteiger partial charge in [0.05, 0.1) is 17.8 Å². The maximum Gasteiger partial charge on any atom is 0.272 e. The maximum atomic E-state index is 12.8. The molecule has 2 aromatic heterocycles. The van der Waals surface area contributed by atoms with Gasteiger partial charge in [0.1, 0.15) is 11.8 Å². The van der Waals surface area contributed by atoms with Crippen LogP contribution in [0, 0.1) is 0 Å². The molecule has 0 radical (unpaired) electrons. The molecule has 1 aliphatic rings. The molecule has 1 amide bonds. The highest BCUT2D eigenvalue weighted by Gasteiger charge is 2.29. The first-order valence-corrected chi connectivity index (χ1v) is 9.69.